The van der Waals surface area contributed by atoms with Crippen LogP contribution in [0.15, 0.2) is 35.5 Å². The van der Waals surface area contributed by atoms with Crippen molar-refractivity contribution in [2.45, 2.75) is 26.3 Å². The highest BCUT2D eigenvalue weighted by Crippen LogP contribution is 2.13. The number of nitrogens with two attached hydrogens (primary N) is 1. The Labute approximate surface area is 113 Å². The summed E-state index contributed by atoms with van der Waals surface area (Å²) in [6.07, 6.45) is 0.423. The third-order valence-corrected chi connectivity index (χ3v) is 3.18. The number of oxime groups is 1. The highest BCUT2D eigenvalue weighted by Gasteiger charge is 2.27. The molecule has 0 bridgehead atoms. The molecule has 1 aromatic rings. The highest BCUT2D eigenvalue weighted by molar-refractivity contribution is 6.02. The number of carbonyl (C=O) groups is 1. The van der Waals surface area contributed by atoms with Crippen LogP contribution in [0.1, 0.15) is 19.4 Å². The first-order valence-electron chi connectivity index (χ1n) is 6.25. The number of rotatable bonds is 5. The first-order chi connectivity index (χ1) is 8.97. The van der Waals surface area contributed by atoms with Crippen molar-refractivity contribution < 1.29 is 10.0 Å². The molecule has 5 heteroatoms. The number of hydrogen-bond donors (Lipinski definition) is 2. The molecule has 0 aromatic heterocycles. The van der Waals surface area contributed by atoms with Crippen LogP contribution in [0.2, 0.25) is 0 Å². The highest BCUT2D eigenvalue weighted by atomic mass is 16.4. The van der Waals surface area contributed by atoms with Crippen molar-refractivity contribution >= 4 is 11.7 Å². The molecule has 3 N–H and O–H groups in total. The third kappa shape index (κ3) is 3.98. The summed E-state index contributed by atoms with van der Waals surface area (Å²) in [5.74, 6) is -0.838. The minimum atomic E-state index is -0.639. The van der Waals surface area contributed by atoms with E-state index in [0.717, 1.165) is 5.56 Å². The maximum atomic E-state index is 12.3. The van der Waals surface area contributed by atoms with Gasteiger partial charge in [-0.2, -0.15) is 0 Å². The van der Waals surface area contributed by atoms with Crippen LogP contribution in [0.3, 0.4) is 0 Å². The van der Waals surface area contributed by atoms with E-state index in [1.807, 2.05) is 44.2 Å². The number of nitrogens with zero attached hydrogens (tertiary/aromatic N) is 2. The number of amidine groups is 1. The van der Waals surface area contributed by atoms with Crippen LogP contribution in [0.25, 0.3) is 0 Å². The standard InChI is InChI=1S/C14H21N3O2/c1-10(2)17(3)14(18)12(13(15)16-19)9-11-7-5-4-6-8-11/h4-8,10,12,19H,9H2,1-3H3,(H2,15,16). The molecule has 0 heterocycles. The van der Waals surface area contributed by atoms with Gasteiger partial charge in [0.15, 0.2) is 5.84 Å². The van der Waals surface area contributed by atoms with Gasteiger partial charge in [0.2, 0.25) is 5.91 Å². The molecule has 0 spiro atoms. The molecule has 0 radical (unpaired) electrons. The fraction of sp³-hybridized carbons (Fsp3) is 0.429. The van der Waals surface area contributed by atoms with Crippen molar-refractivity contribution in [3.8, 4) is 0 Å². The van der Waals surface area contributed by atoms with E-state index < -0.39 is 5.92 Å². The summed E-state index contributed by atoms with van der Waals surface area (Å²) in [4.78, 5) is 13.9. The van der Waals surface area contributed by atoms with Crippen molar-refractivity contribution in [1.82, 2.24) is 4.90 Å². The summed E-state index contributed by atoms with van der Waals surface area (Å²) in [5, 5.41) is 11.8. The van der Waals surface area contributed by atoms with Crippen LogP contribution >= 0.6 is 0 Å². The summed E-state index contributed by atoms with van der Waals surface area (Å²) in [6.45, 7) is 3.84. The Hall–Kier alpha value is -2.04. The van der Waals surface area contributed by atoms with E-state index >= 15 is 0 Å². The summed E-state index contributed by atoms with van der Waals surface area (Å²) in [7, 11) is 1.72. The van der Waals surface area contributed by atoms with Crippen molar-refractivity contribution in [3.63, 3.8) is 0 Å². The lowest BCUT2D eigenvalue weighted by molar-refractivity contribution is -0.133. The second-order valence-corrected chi connectivity index (χ2v) is 4.81. The van der Waals surface area contributed by atoms with Crippen LogP contribution < -0.4 is 5.73 Å². The molecule has 5 nitrogen and oxygen atoms in total. The maximum Gasteiger partial charge on any atom is 0.233 e. The van der Waals surface area contributed by atoms with Crippen LogP contribution in [0, 0.1) is 5.92 Å². The molecule has 1 atom stereocenters. The largest absolute Gasteiger partial charge is 0.409 e. The van der Waals surface area contributed by atoms with E-state index in [-0.39, 0.29) is 17.8 Å². The zero-order valence-electron chi connectivity index (χ0n) is 11.6. The Balaban J connectivity index is 2.93. The second kappa shape index (κ2) is 6.78. The number of amides is 1. The van der Waals surface area contributed by atoms with Gasteiger partial charge in [0.25, 0.3) is 0 Å². The zero-order chi connectivity index (χ0) is 14.4. The van der Waals surface area contributed by atoms with Gasteiger partial charge in [-0.25, -0.2) is 0 Å². The van der Waals surface area contributed by atoms with Gasteiger partial charge in [0.1, 0.15) is 5.92 Å². The molecular formula is C14H21N3O2. The molecule has 0 aliphatic rings. The molecule has 0 aliphatic carbocycles. The fourth-order valence-electron chi connectivity index (χ4n) is 1.74. The van der Waals surface area contributed by atoms with E-state index in [1.165, 1.54) is 0 Å². The first-order valence-corrected chi connectivity index (χ1v) is 6.25. The Kier molecular flexibility index (Phi) is 5.36. The minimum absolute atomic E-state index is 0.0543. The van der Waals surface area contributed by atoms with E-state index in [4.69, 9.17) is 10.9 Å². The first kappa shape index (κ1) is 15.0. The zero-order valence-corrected chi connectivity index (χ0v) is 11.6. The number of benzene rings is 1. The number of hydrogen-bond acceptors (Lipinski definition) is 3. The van der Waals surface area contributed by atoms with Gasteiger partial charge in [0, 0.05) is 13.1 Å². The van der Waals surface area contributed by atoms with E-state index in [2.05, 4.69) is 5.16 Å². The molecule has 0 saturated heterocycles. The Morgan fingerprint density at radius 1 is 1.37 bits per heavy atom. The summed E-state index contributed by atoms with van der Waals surface area (Å²) in [6, 6.07) is 9.60. The SMILES string of the molecule is CC(C)N(C)C(=O)C(Cc1ccccc1)C(N)=NO. The van der Waals surface area contributed by atoms with Crippen molar-refractivity contribution in [2.24, 2.45) is 16.8 Å². The van der Waals surface area contributed by atoms with E-state index in [0.29, 0.717) is 6.42 Å². The normalized spacial score (nSPS) is 13.4. The molecule has 1 rings (SSSR count). The lowest BCUT2D eigenvalue weighted by Gasteiger charge is -2.26. The van der Waals surface area contributed by atoms with Gasteiger partial charge in [-0.15, -0.1) is 0 Å². The Bertz CT molecular complexity index is 443. The lowest BCUT2D eigenvalue weighted by Crippen LogP contribution is -2.43. The molecule has 104 valence electrons. The smallest absolute Gasteiger partial charge is 0.233 e. The van der Waals surface area contributed by atoms with Crippen molar-refractivity contribution in [1.29, 1.82) is 0 Å². The fourth-order valence-corrected chi connectivity index (χ4v) is 1.74. The summed E-state index contributed by atoms with van der Waals surface area (Å²) >= 11 is 0. The molecule has 1 aromatic carbocycles. The Morgan fingerprint density at radius 3 is 2.42 bits per heavy atom. The van der Waals surface area contributed by atoms with Crippen molar-refractivity contribution in [3.05, 3.63) is 35.9 Å². The van der Waals surface area contributed by atoms with Gasteiger partial charge >= 0.3 is 0 Å². The monoisotopic (exact) mass is 263 g/mol. The quantitative estimate of drug-likeness (QED) is 0.365. The molecular weight excluding hydrogens is 242 g/mol. The molecule has 1 unspecified atom stereocenters. The predicted molar refractivity (Wildman–Crippen MR) is 75.0 cm³/mol. The van der Waals surface area contributed by atoms with Crippen LogP contribution in [0.5, 0.6) is 0 Å². The minimum Gasteiger partial charge on any atom is -0.409 e. The molecule has 19 heavy (non-hydrogen) atoms. The van der Waals surface area contributed by atoms with E-state index in [1.54, 1.807) is 11.9 Å². The second-order valence-electron chi connectivity index (χ2n) is 4.81. The topological polar surface area (TPSA) is 78.9 Å². The third-order valence-electron chi connectivity index (χ3n) is 3.18. The van der Waals surface area contributed by atoms with E-state index in [9.17, 15) is 4.79 Å². The summed E-state index contributed by atoms with van der Waals surface area (Å²) in [5.41, 5.74) is 6.63. The number of carbonyl (C=O) groups excluding carboxylic acids is 1. The van der Waals surface area contributed by atoms with Crippen LogP contribution in [0.4, 0.5) is 0 Å². The van der Waals surface area contributed by atoms with Gasteiger partial charge in [-0.1, -0.05) is 35.5 Å². The molecule has 1 amide bonds. The Morgan fingerprint density at radius 2 is 1.95 bits per heavy atom. The lowest BCUT2D eigenvalue weighted by atomic mass is 9.96. The molecule has 0 fully saturated rings. The molecule has 0 aliphatic heterocycles. The average molecular weight is 263 g/mol. The summed E-state index contributed by atoms with van der Waals surface area (Å²) < 4.78 is 0. The van der Waals surface area contributed by atoms with Gasteiger partial charge in [-0.05, 0) is 25.8 Å². The van der Waals surface area contributed by atoms with Gasteiger partial charge < -0.3 is 15.8 Å². The predicted octanol–water partition coefficient (Wildman–Crippen LogP) is 1.46. The van der Waals surface area contributed by atoms with Gasteiger partial charge in [0.05, 0.1) is 0 Å². The maximum absolute atomic E-state index is 12.3. The average Bonchev–Trinajstić information content (AvgIpc) is 2.43. The van der Waals surface area contributed by atoms with Crippen LogP contribution in [-0.2, 0) is 11.2 Å². The molecule has 0 saturated carbocycles. The van der Waals surface area contributed by atoms with Crippen molar-refractivity contribution in [2.75, 3.05) is 7.05 Å². The van der Waals surface area contributed by atoms with Gasteiger partial charge in [-0.3, -0.25) is 4.79 Å². The van der Waals surface area contributed by atoms with Crippen LogP contribution in [-0.4, -0.2) is 34.9 Å².